The lowest BCUT2D eigenvalue weighted by Crippen LogP contribution is -2.57. The van der Waals surface area contributed by atoms with Crippen LogP contribution < -0.4 is 0 Å². The van der Waals surface area contributed by atoms with Gasteiger partial charge in [-0.2, -0.15) is 0 Å². The highest BCUT2D eigenvalue weighted by Gasteiger charge is 2.59. The second-order valence-electron chi connectivity index (χ2n) is 8.29. The molecule has 4 aliphatic rings. The summed E-state index contributed by atoms with van der Waals surface area (Å²) in [6, 6.07) is 0. The molecule has 3 unspecified atom stereocenters. The zero-order valence-electron chi connectivity index (χ0n) is 13.5. The maximum absolute atomic E-state index is 13.1. The van der Waals surface area contributed by atoms with Crippen molar-refractivity contribution in [3.8, 4) is 0 Å². The zero-order valence-corrected chi connectivity index (χ0v) is 14.3. The van der Waals surface area contributed by atoms with Gasteiger partial charge in [0.1, 0.15) is 0 Å². The number of hydrogen-bond acceptors (Lipinski definition) is 2. The third-order valence-electron chi connectivity index (χ3n) is 5.97. The highest BCUT2D eigenvalue weighted by atomic mass is 35.5. The summed E-state index contributed by atoms with van der Waals surface area (Å²) >= 11 is 6.24. The van der Waals surface area contributed by atoms with E-state index in [1.54, 1.807) is 7.11 Å². The summed E-state index contributed by atoms with van der Waals surface area (Å²) in [7, 11) is 3.56. The molecule has 4 fully saturated rings. The molecule has 0 radical (unpaired) electrons. The van der Waals surface area contributed by atoms with Crippen LogP contribution in [0, 0.1) is 22.7 Å². The standard InChI is InChI=1S/C17H28ClNO2/c1-16-5-12-4-13(6-16)8-17(7-12,11-16)15(20)19(2)9-14(18)10-21-3/h12-14H,4-11H2,1-3H3. The average Bonchev–Trinajstić information content (AvgIpc) is 2.34. The fourth-order valence-electron chi connectivity index (χ4n) is 5.99. The van der Waals surface area contributed by atoms with Gasteiger partial charge in [0, 0.05) is 20.7 Å². The molecule has 0 saturated heterocycles. The number of alkyl halides is 1. The smallest absolute Gasteiger partial charge is 0.228 e. The van der Waals surface area contributed by atoms with Crippen LogP contribution in [0.3, 0.4) is 0 Å². The van der Waals surface area contributed by atoms with Crippen LogP contribution in [-0.4, -0.2) is 43.5 Å². The Morgan fingerprint density at radius 1 is 1.33 bits per heavy atom. The van der Waals surface area contributed by atoms with Gasteiger partial charge in [-0.1, -0.05) is 6.92 Å². The second kappa shape index (κ2) is 5.42. The van der Waals surface area contributed by atoms with E-state index in [0.717, 1.165) is 31.1 Å². The number of hydrogen-bond donors (Lipinski definition) is 0. The van der Waals surface area contributed by atoms with E-state index >= 15 is 0 Å². The molecule has 4 rings (SSSR count). The Morgan fingerprint density at radius 2 is 1.95 bits per heavy atom. The van der Waals surface area contributed by atoms with Gasteiger partial charge in [0.25, 0.3) is 0 Å². The summed E-state index contributed by atoms with van der Waals surface area (Å²) in [5.74, 6) is 1.89. The third kappa shape index (κ3) is 2.84. The molecule has 0 N–H and O–H groups in total. The molecule has 21 heavy (non-hydrogen) atoms. The van der Waals surface area contributed by atoms with E-state index in [2.05, 4.69) is 6.92 Å². The van der Waals surface area contributed by atoms with Gasteiger partial charge in [-0.3, -0.25) is 4.79 Å². The minimum Gasteiger partial charge on any atom is -0.383 e. The highest BCUT2D eigenvalue weighted by molar-refractivity contribution is 6.21. The molecule has 0 heterocycles. The maximum Gasteiger partial charge on any atom is 0.228 e. The SMILES string of the molecule is COCC(Cl)CN(C)C(=O)C12CC3CC(CC(C)(C3)C1)C2. The molecule has 120 valence electrons. The Morgan fingerprint density at radius 3 is 2.48 bits per heavy atom. The number of carbonyl (C=O) groups excluding carboxylic acids is 1. The summed E-state index contributed by atoms with van der Waals surface area (Å²) in [6.07, 6.45) is 7.34. The van der Waals surface area contributed by atoms with Crippen molar-refractivity contribution in [3.05, 3.63) is 0 Å². The van der Waals surface area contributed by atoms with Gasteiger partial charge < -0.3 is 9.64 Å². The molecule has 3 nitrogen and oxygen atoms in total. The van der Waals surface area contributed by atoms with Crippen LogP contribution in [0.15, 0.2) is 0 Å². The minimum atomic E-state index is -0.117. The summed E-state index contributed by atoms with van der Waals surface area (Å²) in [4.78, 5) is 15.0. The minimum absolute atomic E-state index is 0.0860. The van der Waals surface area contributed by atoms with Crippen LogP contribution in [0.1, 0.15) is 45.4 Å². The van der Waals surface area contributed by atoms with Gasteiger partial charge in [-0.15, -0.1) is 11.6 Å². The molecule has 1 amide bonds. The van der Waals surface area contributed by atoms with Gasteiger partial charge in [0.2, 0.25) is 5.91 Å². The van der Waals surface area contributed by atoms with Crippen molar-refractivity contribution in [1.29, 1.82) is 0 Å². The van der Waals surface area contributed by atoms with Gasteiger partial charge in [0.15, 0.2) is 0 Å². The Balaban J connectivity index is 1.72. The number of rotatable bonds is 5. The number of ether oxygens (including phenoxy) is 1. The van der Waals surface area contributed by atoms with Gasteiger partial charge in [-0.05, 0) is 55.8 Å². The van der Waals surface area contributed by atoms with Crippen molar-refractivity contribution in [3.63, 3.8) is 0 Å². The first-order chi connectivity index (χ1) is 9.86. The number of carbonyl (C=O) groups is 1. The van der Waals surface area contributed by atoms with Gasteiger partial charge >= 0.3 is 0 Å². The predicted octanol–water partition coefficient (Wildman–Crippen LogP) is 3.31. The topological polar surface area (TPSA) is 29.5 Å². The summed E-state index contributed by atoms with van der Waals surface area (Å²) in [5.41, 5.74) is 0.324. The number of halogens is 1. The molecule has 0 aromatic heterocycles. The first-order valence-electron chi connectivity index (χ1n) is 8.24. The second-order valence-corrected chi connectivity index (χ2v) is 8.91. The third-order valence-corrected chi connectivity index (χ3v) is 6.24. The summed E-state index contributed by atoms with van der Waals surface area (Å²) in [5, 5.41) is -0.117. The van der Waals surface area contributed by atoms with Crippen LogP contribution in [0.5, 0.6) is 0 Å². The van der Waals surface area contributed by atoms with Gasteiger partial charge in [0.05, 0.1) is 17.4 Å². The molecule has 0 spiro atoms. The molecule has 0 aromatic rings. The Kier molecular flexibility index (Phi) is 4.03. The molecule has 4 aliphatic carbocycles. The highest BCUT2D eigenvalue weighted by Crippen LogP contribution is 2.65. The quantitative estimate of drug-likeness (QED) is 0.729. The fraction of sp³-hybridized carbons (Fsp3) is 0.941. The molecule has 0 aromatic carbocycles. The van der Waals surface area contributed by atoms with E-state index in [9.17, 15) is 4.79 Å². The fourth-order valence-corrected chi connectivity index (χ4v) is 6.32. The van der Waals surface area contributed by atoms with Crippen LogP contribution in [-0.2, 0) is 9.53 Å². The van der Waals surface area contributed by atoms with Crippen molar-refractivity contribution < 1.29 is 9.53 Å². The first kappa shape index (κ1) is 15.6. The van der Waals surface area contributed by atoms with Gasteiger partial charge in [-0.25, -0.2) is 0 Å². The Hall–Kier alpha value is -0.280. The van der Waals surface area contributed by atoms with E-state index in [1.165, 1.54) is 19.3 Å². The van der Waals surface area contributed by atoms with Crippen molar-refractivity contribution in [2.45, 2.75) is 50.8 Å². The van der Waals surface area contributed by atoms with Crippen LogP contribution in [0.2, 0.25) is 0 Å². The Labute approximate surface area is 133 Å². The molecule has 3 atom stereocenters. The lowest BCUT2D eigenvalue weighted by molar-refractivity contribution is -0.164. The first-order valence-corrected chi connectivity index (χ1v) is 8.68. The van der Waals surface area contributed by atoms with Crippen molar-refractivity contribution in [2.75, 3.05) is 27.3 Å². The Bertz CT molecular complexity index is 411. The number of methoxy groups -OCH3 is 1. The molecule has 4 heteroatoms. The predicted molar refractivity (Wildman–Crippen MR) is 84.4 cm³/mol. The largest absolute Gasteiger partial charge is 0.383 e. The molecule has 4 saturated carbocycles. The summed E-state index contributed by atoms with van der Waals surface area (Å²) in [6.45, 7) is 3.49. The van der Waals surface area contributed by atoms with Crippen molar-refractivity contribution in [2.24, 2.45) is 22.7 Å². The van der Waals surface area contributed by atoms with Crippen LogP contribution >= 0.6 is 11.6 Å². The normalized spacial score (nSPS) is 42.1. The maximum atomic E-state index is 13.1. The van der Waals surface area contributed by atoms with Crippen molar-refractivity contribution in [1.82, 2.24) is 4.90 Å². The monoisotopic (exact) mass is 313 g/mol. The van der Waals surface area contributed by atoms with E-state index in [-0.39, 0.29) is 10.8 Å². The van der Waals surface area contributed by atoms with E-state index in [4.69, 9.17) is 16.3 Å². The average molecular weight is 314 g/mol. The number of nitrogens with zero attached hydrogens (tertiary/aromatic N) is 1. The lowest BCUT2D eigenvalue weighted by Gasteiger charge is -2.61. The van der Waals surface area contributed by atoms with E-state index < -0.39 is 0 Å². The summed E-state index contributed by atoms with van der Waals surface area (Å²) < 4.78 is 5.08. The molecule has 0 aliphatic heterocycles. The van der Waals surface area contributed by atoms with E-state index in [1.807, 2.05) is 11.9 Å². The van der Waals surface area contributed by atoms with Crippen LogP contribution in [0.4, 0.5) is 0 Å². The molecular weight excluding hydrogens is 286 g/mol. The molecular formula is C17H28ClNO2. The van der Waals surface area contributed by atoms with Crippen molar-refractivity contribution >= 4 is 17.5 Å². The zero-order chi connectivity index (χ0) is 15.3. The van der Waals surface area contributed by atoms with Crippen LogP contribution in [0.25, 0.3) is 0 Å². The lowest BCUT2D eigenvalue weighted by atomic mass is 9.44. The molecule has 4 bridgehead atoms. The number of amides is 1. The van der Waals surface area contributed by atoms with E-state index in [0.29, 0.717) is 24.5 Å².